The van der Waals surface area contributed by atoms with Gasteiger partial charge in [-0.25, -0.2) is 8.42 Å². The predicted molar refractivity (Wildman–Crippen MR) is 148 cm³/mol. The maximum absolute atomic E-state index is 13.9. The average molecular weight is 542 g/mol. The van der Waals surface area contributed by atoms with Gasteiger partial charge in [0.2, 0.25) is 21.8 Å². The number of likely N-dealkylation sites (N-methyl/N-ethyl adjacent to an activating group) is 1. The van der Waals surface area contributed by atoms with Gasteiger partial charge in [-0.1, -0.05) is 79.2 Å². The van der Waals surface area contributed by atoms with Crippen molar-refractivity contribution in [2.45, 2.75) is 32.4 Å². The molecule has 0 aliphatic heterocycles. The van der Waals surface area contributed by atoms with Gasteiger partial charge in [-0.05, 0) is 41.3 Å². The molecule has 0 unspecified atom stereocenters. The summed E-state index contributed by atoms with van der Waals surface area (Å²) in [4.78, 5) is 28.5. The summed E-state index contributed by atoms with van der Waals surface area (Å²) in [5.41, 5.74) is 2.84. The molecule has 196 valence electrons. The van der Waals surface area contributed by atoms with Crippen LogP contribution in [0.2, 0.25) is 5.02 Å². The van der Waals surface area contributed by atoms with Crippen molar-refractivity contribution < 1.29 is 18.0 Å². The molecule has 0 saturated heterocycles. The highest BCUT2D eigenvalue weighted by atomic mass is 35.5. The SMILES string of the molecule is CCc1ccccc1N(CC(=O)N(Cc1cccc(Cl)c1)[C@@H](Cc1ccccc1)C(=O)NC)S(C)(=O)=O. The van der Waals surface area contributed by atoms with Crippen molar-refractivity contribution in [1.29, 1.82) is 0 Å². The first kappa shape index (κ1) is 28.2. The van der Waals surface area contributed by atoms with Crippen LogP contribution in [-0.4, -0.2) is 51.0 Å². The lowest BCUT2D eigenvalue weighted by molar-refractivity contribution is -0.139. The number of anilines is 1. The fourth-order valence-electron chi connectivity index (χ4n) is 4.20. The van der Waals surface area contributed by atoms with Crippen LogP contribution in [-0.2, 0) is 39.0 Å². The third-order valence-electron chi connectivity index (χ3n) is 6.08. The molecule has 0 aliphatic rings. The van der Waals surface area contributed by atoms with Gasteiger partial charge in [0.25, 0.3) is 0 Å². The summed E-state index contributed by atoms with van der Waals surface area (Å²) >= 11 is 6.19. The smallest absolute Gasteiger partial charge is 0.244 e. The molecule has 1 atom stereocenters. The van der Waals surface area contributed by atoms with Crippen LogP contribution in [0.4, 0.5) is 5.69 Å². The van der Waals surface area contributed by atoms with Gasteiger partial charge in [-0.3, -0.25) is 13.9 Å². The molecule has 3 rings (SSSR count). The summed E-state index contributed by atoms with van der Waals surface area (Å²) in [6.07, 6.45) is 1.93. The van der Waals surface area contributed by atoms with Crippen molar-refractivity contribution >= 4 is 39.1 Å². The fourth-order valence-corrected chi connectivity index (χ4v) is 5.29. The lowest BCUT2D eigenvalue weighted by Gasteiger charge is -2.33. The standard InChI is InChI=1S/C28H32ClN3O4S/c1-4-23-14-8-9-16-25(23)32(37(3,35)36)20-27(33)31(19-22-13-10-15-24(29)17-22)26(28(34)30-2)18-21-11-6-5-7-12-21/h5-17,26H,4,18-20H2,1-3H3,(H,30,34)/t26-/m0/s1. The van der Waals surface area contributed by atoms with Crippen molar-refractivity contribution in [1.82, 2.24) is 10.2 Å². The van der Waals surface area contributed by atoms with Crippen molar-refractivity contribution in [3.05, 3.63) is 101 Å². The van der Waals surface area contributed by atoms with E-state index in [0.717, 1.165) is 27.3 Å². The highest BCUT2D eigenvalue weighted by Gasteiger charge is 2.33. The largest absolute Gasteiger partial charge is 0.357 e. The van der Waals surface area contributed by atoms with Crippen LogP contribution in [0.15, 0.2) is 78.9 Å². The number of benzene rings is 3. The molecule has 0 spiro atoms. The topological polar surface area (TPSA) is 86.8 Å². The van der Waals surface area contributed by atoms with Crippen molar-refractivity contribution in [2.24, 2.45) is 0 Å². The van der Waals surface area contributed by atoms with Gasteiger partial charge in [-0.15, -0.1) is 0 Å². The van der Waals surface area contributed by atoms with E-state index in [9.17, 15) is 18.0 Å². The van der Waals surface area contributed by atoms with Crippen LogP contribution in [0.5, 0.6) is 0 Å². The summed E-state index contributed by atoms with van der Waals surface area (Å²) in [6, 6.07) is 22.7. The number of amides is 2. The van der Waals surface area contributed by atoms with Crippen LogP contribution >= 0.6 is 11.6 Å². The third kappa shape index (κ3) is 7.57. The number of carbonyl (C=O) groups excluding carboxylic acids is 2. The van der Waals surface area contributed by atoms with Crippen LogP contribution in [0.3, 0.4) is 0 Å². The van der Waals surface area contributed by atoms with Crippen LogP contribution in [0, 0.1) is 0 Å². The Morgan fingerprint density at radius 1 is 0.946 bits per heavy atom. The second kappa shape index (κ2) is 12.7. The Kier molecular flexibility index (Phi) is 9.72. The van der Waals surface area contributed by atoms with E-state index in [1.807, 2.05) is 55.5 Å². The van der Waals surface area contributed by atoms with Crippen LogP contribution < -0.4 is 9.62 Å². The van der Waals surface area contributed by atoms with Gasteiger partial charge in [0.1, 0.15) is 12.6 Å². The lowest BCUT2D eigenvalue weighted by atomic mass is 10.0. The molecule has 3 aromatic carbocycles. The number of nitrogens with zero attached hydrogens (tertiary/aromatic N) is 2. The minimum atomic E-state index is -3.80. The number of para-hydroxylation sites is 1. The molecule has 0 saturated carbocycles. The van der Waals surface area contributed by atoms with E-state index in [4.69, 9.17) is 11.6 Å². The zero-order chi connectivity index (χ0) is 27.0. The number of rotatable bonds is 11. The van der Waals surface area contributed by atoms with E-state index >= 15 is 0 Å². The minimum Gasteiger partial charge on any atom is -0.357 e. The maximum atomic E-state index is 13.9. The number of aryl methyl sites for hydroxylation is 1. The molecule has 0 bridgehead atoms. The van der Waals surface area contributed by atoms with E-state index in [1.165, 1.54) is 11.9 Å². The molecule has 37 heavy (non-hydrogen) atoms. The normalized spacial score (nSPS) is 12.0. The maximum Gasteiger partial charge on any atom is 0.244 e. The quantitative estimate of drug-likeness (QED) is 0.397. The summed E-state index contributed by atoms with van der Waals surface area (Å²) < 4.78 is 26.9. The molecule has 9 heteroatoms. The van der Waals surface area contributed by atoms with Gasteiger partial charge in [0, 0.05) is 25.0 Å². The monoisotopic (exact) mass is 541 g/mol. The summed E-state index contributed by atoms with van der Waals surface area (Å²) in [5, 5.41) is 3.16. The Morgan fingerprint density at radius 3 is 2.22 bits per heavy atom. The highest BCUT2D eigenvalue weighted by Crippen LogP contribution is 2.25. The van der Waals surface area contributed by atoms with E-state index < -0.39 is 28.5 Å². The predicted octanol–water partition coefficient (Wildman–Crippen LogP) is 4.05. The number of halogens is 1. The summed E-state index contributed by atoms with van der Waals surface area (Å²) in [5.74, 6) is -0.847. The number of hydrogen-bond acceptors (Lipinski definition) is 4. The zero-order valence-electron chi connectivity index (χ0n) is 21.2. The Bertz CT molecular complexity index is 1330. The molecule has 0 aliphatic carbocycles. The first-order valence-electron chi connectivity index (χ1n) is 12.0. The van der Waals surface area contributed by atoms with Crippen LogP contribution in [0.25, 0.3) is 0 Å². The molecular weight excluding hydrogens is 510 g/mol. The Balaban J connectivity index is 2.05. The van der Waals surface area contributed by atoms with Gasteiger partial charge >= 0.3 is 0 Å². The molecule has 7 nitrogen and oxygen atoms in total. The second-order valence-corrected chi connectivity index (χ2v) is 11.1. The van der Waals surface area contributed by atoms with Crippen molar-refractivity contribution in [3.8, 4) is 0 Å². The lowest BCUT2D eigenvalue weighted by Crippen LogP contribution is -2.53. The van der Waals surface area contributed by atoms with E-state index in [0.29, 0.717) is 17.1 Å². The molecular formula is C28H32ClN3O4S. The molecule has 2 amide bonds. The highest BCUT2D eigenvalue weighted by molar-refractivity contribution is 7.92. The Hall–Kier alpha value is -3.36. The molecule has 0 aromatic heterocycles. The molecule has 1 N–H and O–H groups in total. The van der Waals surface area contributed by atoms with Gasteiger partial charge in [0.15, 0.2) is 0 Å². The van der Waals surface area contributed by atoms with Gasteiger partial charge < -0.3 is 10.2 Å². The van der Waals surface area contributed by atoms with E-state index in [2.05, 4.69) is 5.32 Å². The number of nitrogens with one attached hydrogen (secondary N) is 1. The zero-order valence-corrected chi connectivity index (χ0v) is 22.8. The number of carbonyl (C=O) groups is 2. The fraction of sp³-hybridized carbons (Fsp3) is 0.286. The van der Waals surface area contributed by atoms with Crippen molar-refractivity contribution in [3.63, 3.8) is 0 Å². The average Bonchev–Trinajstić information content (AvgIpc) is 2.88. The first-order chi connectivity index (χ1) is 17.6. The molecule has 0 heterocycles. The van der Waals surface area contributed by atoms with Gasteiger partial charge in [0.05, 0.1) is 11.9 Å². The Labute approximate surface area is 224 Å². The van der Waals surface area contributed by atoms with Crippen LogP contribution in [0.1, 0.15) is 23.6 Å². The molecule has 3 aromatic rings. The molecule has 0 fully saturated rings. The third-order valence-corrected chi connectivity index (χ3v) is 7.44. The van der Waals surface area contributed by atoms with Gasteiger partial charge in [-0.2, -0.15) is 0 Å². The van der Waals surface area contributed by atoms with E-state index in [-0.39, 0.29) is 18.9 Å². The second-order valence-electron chi connectivity index (χ2n) is 8.72. The number of sulfonamides is 1. The summed E-state index contributed by atoms with van der Waals surface area (Å²) in [7, 11) is -2.29. The number of hydrogen-bond donors (Lipinski definition) is 1. The first-order valence-corrected chi connectivity index (χ1v) is 14.2. The minimum absolute atomic E-state index is 0.0807. The summed E-state index contributed by atoms with van der Waals surface area (Å²) in [6.45, 7) is 1.56. The van der Waals surface area contributed by atoms with Crippen molar-refractivity contribution in [2.75, 3.05) is 24.2 Å². The van der Waals surface area contributed by atoms with E-state index in [1.54, 1.807) is 30.3 Å². The molecule has 0 radical (unpaired) electrons. The Morgan fingerprint density at radius 2 is 1.59 bits per heavy atom.